The average molecular weight is 543 g/mol. The van der Waals surface area contributed by atoms with E-state index in [2.05, 4.69) is 5.32 Å². The Balaban J connectivity index is 1.15. The quantitative estimate of drug-likeness (QED) is 0.379. The number of cyclic esters (lactones) is 1. The summed E-state index contributed by atoms with van der Waals surface area (Å²) >= 11 is 0. The summed E-state index contributed by atoms with van der Waals surface area (Å²) in [6, 6.07) is 20.1. The third kappa shape index (κ3) is 5.45. The van der Waals surface area contributed by atoms with Gasteiger partial charge in [-0.2, -0.15) is 0 Å². The minimum atomic E-state index is -0.829. The Hall–Kier alpha value is -3.78. The minimum Gasteiger partial charge on any atom is -0.448 e. The number of hydrogen-bond acceptors (Lipinski definition) is 5. The van der Waals surface area contributed by atoms with Crippen LogP contribution in [0.5, 0.6) is 0 Å². The number of halogens is 1. The Bertz CT molecular complexity index is 1370. The lowest BCUT2D eigenvalue weighted by atomic mass is 9.71. The Morgan fingerprint density at radius 2 is 1.77 bits per heavy atom. The Labute approximate surface area is 233 Å². The van der Waals surface area contributed by atoms with Crippen LogP contribution in [0.2, 0.25) is 0 Å². The van der Waals surface area contributed by atoms with Gasteiger partial charge in [0.1, 0.15) is 12.8 Å². The van der Waals surface area contributed by atoms with Crippen LogP contribution in [0.15, 0.2) is 66.9 Å². The zero-order chi connectivity index (χ0) is 27.7. The molecule has 0 atom stereocenters. The Morgan fingerprint density at radius 1 is 1.05 bits per heavy atom. The van der Waals surface area contributed by atoms with E-state index in [1.54, 1.807) is 6.20 Å². The molecule has 8 heteroatoms. The van der Waals surface area contributed by atoms with Crippen molar-refractivity contribution in [3.05, 3.63) is 72.4 Å². The standard InChI is InChI=1S/C32H35FN4O3/c33-25-18-32(34,19-25)24-10-8-23(9-11-24)30-28(22-4-2-1-3-5-22)17-26(20-35-30)36-29(38)16-21-6-12-27(13-7-21)37-14-15-40-31(37)39/h1-5,8-11,17,20-21,25,27H,6-7,12-16,18-19,34H2,(H,36,38). The van der Waals surface area contributed by atoms with Gasteiger partial charge in [-0.3, -0.25) is 9.78 Å². The molecule has 3 aromatic rings. The second-order valence-electron chi connectivity index (χ2n) is 11.5. The van der Waals surface area contributed by atoms with Crippen LogP contribution in [0, 0.1) is 5.92 Å². The largest absolute Gasteiger partial charge is 0.448 e. The van der Waals surface area contributed by atoms with E-state index in [1.165, 1.54) is 0 Å². The maximum atomic E-state index is 13.5. The lowest BCUT2D eigenvalue weighted by Crippen LogP contribution is -2.50. The molecule has 7 nitrogen and oxygen atoms in total. The molecular weight excluding hydrogens is 507 g/mol. The smallest absolute Gasteiger partial charge is 0.410 e. The van der Waals surface area contributed by atoms with Crippen molar-refractivity contribution < 1.29 is 18.7 Å². The zero-order valence-electron chi connectivity index (χ0n) is 22.5. The number of nitrogens with zero attached hydrogens (tertiary/aromatic N) is 2. The summed E-state index contributed by atoms with van der Waals surface area (Å²) < 4.78 is 18.6. The van der Waals surface area contributed by atoms with Crippen molar-refractivity contribution in [1.82, 2.24) is 9.88 Å². The summed E-state index contributed by atoms with van der Waals surface area (Å²) in [7, 11) is 0. The summed E-state index contributed by atoms with van der Waals surface area (Å²) in [6.07, 6.45) is 5.45. The summed E-state index contributed by atoms with van der Waals surface area (Å²) in [5.74, 6) is 0.269. The maximum Gasteiger partial charge on any atom is 0.410 e. The highest BCUT2D eigenvalue weighted by molar-refractivity contribution is 5.93. The average Bonchev–Trinajstić information content (AvgIpc) is 3.39. The molecule has 1 aromatic heterocycles. The van der Waals surface area contributed by atoms with Crippen molar-refractivity contribution in [3.8, 4) is 22.4 Å². The van der Waals surface area contributed by atoms with E-state index in [1.807, 2.05) is 65.6 Å². The van der Waals surface area contributed by atoms with Crippen LogP contribution >= 0.6 is 0 Å². The number of carbonyl (C=O) groups is 2. The number of ether oxygens (including phenoxy) is 1. The lowest BCUT2D eigenvalue weighted by Gasteiger charge is -2.41. The molecule has 0 radical (unpaired) electrons. The normalized spacial score (nSPS) is 26.2. The van der Waals surface area contributed by atoms with Gasteiger partial charge in [0.25, 0.3) is 0 Å². The number of alkyl halides is 1. The third-order valence-electron chi connectivity index (χ3n) is 8.68. The van der Waals surface area contributed by atoms with E-state index in [0.29, 0.717) is 44.0 Å². The van der Waals surface area contributed by atoms with Crippen LogP contribution in [-0.4, -0.2) is 47.2 Å². The molecule has 6 rings (SSSR count). The van der Waals surface area contributed by atoms with Gasteiger partial charge < -0.3 is 20.7 Å². The topological polar surface area (TPSA) is 97.5 Å². The first kappa shape index (κ1) is 26.4. The van der Waals surface area contributed by atoms with Crippen molar-refractivity contribution >= 4 is 17.7 Å². The molecule has 0 unspecified atom stereocenters. The van der Waals surface area contributed by atoms with Gasteiger partial charge in [0.05, 0.1) is 24.1 Å². The van der Waals surface area contributed by atoms with Gasteiger partial charge in [-0.05, 0) is 48.8 Å². The molecule has 0 bridgehead atoms. The van der Waals surface area contributed by atoms with Crippen molar-refractivity contribution in [2.75, 3.05) is 18.5 Å². The number of amides is 2. The Morgan fingerprint density at radius 3 is 2.42 bits per heavy atom. The first-order valence-electron chi connectivity index (χ1n) is 14.2. The number of carbonyl (C=O) groups excluding carboxylic acids is 2. The number of pyridine rings is 1. The minimum absolute atomic E-state index is 0.0261. The SMILES string of the molecule is NC1(c2ccc(-c3ncc(NC(=O)CC4CCC(N5CCOC5=O)CC4)cc3-c3ccccc3)cc2)CC(F)C1. The number of anilines is 1. The fraction of sp³-hybridized carbons (Fsp3) is 0.406. The van der Waals surface area contributed by atoms with Gasteiger partial charge in [-0.1, -0.05) is 54.6 Å². The number of aromatic nitrogens is 1. The molecular formula is C32H35FN4O3. The molecule has 3 N–H and O–H groups in total. The fourth-order valence-corrected chi connectivity index (χ4v) is 6.40. The van der Waals surface area contributed by atoms with Crippen molar-refractivity contribution in [1.29, 1.82) is 0 Å². The van der Waals surface area contributed by atoms with Gasteiger partial charge >= 0.3 is 6.09 Å². The van der Waals surface area contributed by atoms with Crippen molar-refractivity contribution in [2.45, 2.75) is 62.7 Å². The molecule has 0 spiro atoms. The van der Waals surface area contributed by atoms with Crippen LogP contribution in [0.3, 0.4) is 0 Å². The molecule has 2 aromatic carbocycles. The molecule has 3 fully saturated rings. The highest BCUT2D eigenvalue weighted by Gasteiger charge is 2.42. The highest BCUT2D eigenvalue weighted by Crippen LogP contribution is 2.42. The molecule has 2 saturated carbocycles. The number of hydrogen-bond donors (Lipinski definition) is 2. The predicted molar refractivity (Wildman–Crippen MR) is 152 cm³/mol. The fourth-order valence-electron chi connectivity index (χ4n) is 6.40. The van der Waals surface area contributed by atoms with Crippen LogP contribution in [0.1, 0.15) is 50.5 Å². The van der Waals surface area contributed by atoms with Crippen LogP contribution in [-0.2, 0) is 15.1 Å². The van der Waals surface area contributed by atoms with Gasteiger partial charge in [0, 0.05) is 42.0 Å². The molecule has 1 aliphatic heterocycles. The van der Waals surface area contributed by atoms with Crippen molar-refractivity contribution in [2.24, 2.45) is 11.7 Å². The van der Waals surface area contributed by atoms with E-state index >= 15 is 0 Å². The summed E-state index contributed by atoms with van der Waals surface area (Å²) in [5, 5.41) is 3.06. The lowest BCUT2D eigenvalue weighted by molar-refractivity contribution is -0.117. The molecule has 2 amide bonds. The van der Waals surface area contributed by atoms with Crippen LogP contribution in [0.25, 0.3) is 22.4 Å². The maximum absolute atomic E-state index is 13.5. The highest BCUT2D eigenvalue weighted by atomic mass is 19.1. The van der Waals surface area contributed by atoms with Gasteiger partial charge in [0.2, 0.25) is 5.91 Å². The molecule has 208 valence electrons. The number of nitrogens with two attached hydrogens (primary N) is 1. The number of nitrogens with one attached hydrogen (secondary N) is 1. The van der Waals surface area contributed by atoms with E-state index in [4.69, 9.17) is 15.5 Å². The summed E-state index contributed by atoms with van der Waals surface area (Å²) in [6.45, 7) is 1.14. The number of rotatable bonds is 7. The second kappa shape index (κ2) is 11.0. The van der Waals surface area contributed by atoms with Gasteiger partial charge in [-0.25, -0.2) is 9.18 Å². The molecule has 2 aliphatic carbocycles. The summed E-state index contributed by atoms with van der Waals surface area (Å²) in [5.41, 5.74) is 11.0. The van der Waals surface area contributed by atoms with Crippen molar-refractivity contribution in [3.63, 3.8) is 0 Å². The van der Waals surface area contributed by atoms with E-state index in [0.717, 1.165) is 53.6 Å². The van der Waals surface area contributed by atoms with E-state index in [9.17, 15) is 14.0 Å². The first-order valence-corrected chi connectivity index (χ1v) is 14.2. The predicted octanol–water partition coefficient (Wildman–Crippen LogP) is 6.04. The zero-order valence-corrected chi connectivity index (χ0v) is 22.5. The Kier molecular flexibility index (Phi) is 7.27. The second-order valence-corrected chi connectivity index (χ2v) is 11.5. The molecule has 2 heterocycles. The van der Waals surface area contributed by atoms with E-state index in [-0.39, 0.29) is 18.0 Å². The van der Waals surface area contributed by atoms with Crippen LogP contribution in [0.4, 0.5) is 14.9 Å². The monoisotopic (exact) mass is 542 g/mol. The third-order valence-corrected chi connectivity index (χ3v) is 8.68. The van der Waals surface area contributed by atoms with Gasteiger partial charge in [-0.15, -0.1) is 0 Å². The van der Waals surface area contributed by atoms with Crippen LogP contribution < -0.4 is 11.1 Å². The molecule has 40 heavy (non-hydrogen) atoms. The van der Waals surface area contributed by atoms with E-state index < -0.39 is 11.7 Å². The number of benzene rings is 2. The first-order chi connectivity index (χ1) is 19.4. The molecule has 1 saturated heterocycles. The molecule has 3 aliphatic rings. The van der Waals surface area contributed by atoms with Gasteiger partial charge in [0.15, 0.2) is 0 Å². The summed E-state index contributed by atoms with van der Waals surface area (Å²) in [4.78, 5) is 31.5.